The largest absolute Gasteiger partial charge is 0.328 e. The smallest absolute Gasteiger partial charge is 0.291 e. The van der Waals surface area contributed by atoms with Crippen LogP contribution in [0.4, 0.5) is 0 Å². The molecule has 23 heavy (non-hydrogen) atoms. The third kappa shape index (κ3) is 33.8. The van der Waals surface area contributed by atoms with Crippen LogP contribution in [0.5, 0.6) is 0 Å². The standard InChI is InChI=1S/C18H39N.HNO3/c1-3-5-7-9-11-13-15-17-19-18-16-14-12-10-8-6-4-2;2-1(3)4/h19H,3-18H2,1-2H3;(H,2,3,4). The summed E-state index contributed by atoms with van der Waals surface area (Å²) in [6.45, 7) is 7.05. The molecule has 0 aliphatic heterocycles. The van der Waals surface area contributed by atoms with E-state index in [0.717, 1.165) is 0 Å². The van der Waals surface area contributed by atoms with Crippen LogP contribution in [0.1, 0.15) is 104 Å². The Morgan fingerprint density at radius 2 is 0.957 bits per heavy atom. The predicted octanol–water partition coefficient (Wildman–Crippen LogP) is 5.73. The van der Waals surface area contributed by atoms with Crippen molar-refractivity contribution in [1.29, 1.82) is 0 Å². The van der Waals surface area contributed by atoms with E-state index in [-0.39, 0.29) is 0 Å². The summed E-state index contributed by atoms with van der Waals surface area (Å²) in [5.41, 5.74) is 0. The Hall–Kier alpha value is -0.840. The molecule has 0 heterocycles. The molecule has 2 N–H and O–H groups in total. The van der Waals surface area contributed by atoms with Gasteiger partial charge >= 0.3 is 0 Å². The van der Waals surface area contributed by atoms with Crippen molar-refractivity contribution in [3.05, 3.63) is 10.1 Å². The first-order chi connectivity index (χ1) is 11.1. The number of unbranched alkanes of at least 4 members (excludes halogenated alkanes) is 12. The highest BCUT2D eigenvalue weighted by Gasteiger charge is 1.93. The number of nitrogens with zero attached hydrogens (tertiary/aromatic N) is 1. The molecule has 0 atom stereocenters. The lowest BCUT2D eigenvalue weighted by molar-refractivity contribution is -0.742. The van der Waals surface area contributed by atoms with Gasteiger partial charge in [-0.15, -0.1) is 10.1 Å². The molecule has 0 aliphatic carbocycles. The zero-order chi connectivity index (χ0) is 17.6. The molecular formula is C18H40N2O3. The van der Waals surface area contributed by atoms with Gasteiger partial charge in [-0.2, -0.15) is 0 Å². The van der Waals surface area contributed by atoms with Crippen LogP contribution in [-0.4, -0.2) is 23.4 Å². The number of hydrogen-bond donors (Lipinski definition) is 2. The molecule has 0 amide bonds. The van der Waals surface area contributed by atoms with Crippen LogP contribution in [0, 0.1) is 10.1 Å². The van der Waals surface area contributed by atoms with E-state index in [2.05, 4.69) is 19.2 Å². The molecular weight excluding hydrogens is 292 g/mol. The SMILES string of the molecule is CCCCCCCCCNCCCCCCCCC.O=[N+]([O-])O. The lowest BCUT2D eigenvalue weighted by Crippen LogP contribution is -2.16. The molecule has 0 aliphatic rings. The molecule has 0 rings (SSSR count). The Kier molecular flexibility index (Phi) is 24.9. The first-order valence-corrected chi connectivity index (χ1v) is 9.69. The summed E-state index contributed by atoms with van der Waals surface area (Å²) in [4.78, 5) is 8.36. The number of rotatable bonds is 16. The second kappa shape index (κ2) is 23.4. The van der Waals surface area contributed by atoms with Gasteiger partial charge in [-0.3, -0.25) is 0 Å². The van der Waals surface area contributed by atoms with Crippen molar-refractivity contribution >= 4 is 0 Å². The molecule has 0 aromatic rings. The van der Waals surface area contributed by atoms with E-state index >= 15 is 0 Å². The van der Waals surface area contributed by atoms with Crippen molar-refractivity contribution in [2.24, 2.45) is 0 Å². The van der Waals surface area contributed by atoms with Crippen LogP contribution in [0.25, 0.3) is 0 Å². The van der Waals surface area contributed by atoms with Crippen molar-refractivity contribution in [3.63, 3.8) is 0 Å². The maximum atomic E-state index is 8.36. The molecule has 5 heteroatoms. The summed E-state index contributed by atoms with van der Waals surface area (Å²) >= 11 is 0. The zero-order valence-corrected chi connectivity index (χ0v) is 15.5. The van der Waals surface area contributed by atoms with E-state index in [9.17, 15) is 0 Å². The van der Waals surface area contributed by atoms with E-state index in [4.69, 9.17) is 15.3 Å². The molecule has 0 aromatic carbocycles. The van der Waals surface area contributed by atoms with Crippen molar-refractivity contribution in [2.45, 2.75) is 104 Å². The lowest BCUT2D eigenvalue weighted by atomic mass is 10.1. The number of hydrogen-bond acceptors (Lipinski definition) is 3. The van der Waals surface area contributed by atoms with Crippen molar-refractivity contribution in [2.75, 3.05) is 13.1 Å². The van der Waals surface area contributed by atoms with Crippen LogP contribution < -0.4 is 5.32 Å². The van der Waals surface area contributed by atoms with Crippen LogP contribution in [0.3, 0.4) is 0 Å². The van der Waals surface area contributed by atoms with Crippen molar-refractivity contribution in [3.8, 4) is 0 Å². The maximum Gasteiger partial charge on any atom is 0.291 e. The topological polar surface area (TPSA) is 75.4 Å². The van der Waals surface area contributed by atoms with Gasteiger partial charge in [-0.1, -0.05) is 90.9 Å². The highest BCUT2D eigenvalue weighted by Crippen LogP contribution is 2.07. The van der Waals surface area contributed by atoms with E-state index in [1.807, 2.05) is 0 Å². The lowest BCUT2D eigenvalue weighted by Gasteiger charge is -2.05. The van der Waals surface area contributed by atoms with E-state index in [1.165, 1.54) is 103 Å². The first kappa shape index (κ1) is 24.4. The van der Waals surface area contributed by atoms with Gasteiger partial charge in [-0.05, 0) is 25.9 Å². The Morgan fingerprint density at radius 3 is 1.26 bits per heavy atom. The van der Waals surface area contributed by atoms with Crippen LogP contribution >= 0.6 is 0 Å². The second-order valence-electron chi connectivity index (χ2n) is 6.23. The average molecular weight is 333 g/mol. The minimum Gasteiger partial charge on any atom is -0.328 e. The summed E-state index contributed by atoms with van der Waals surface area (Å²) in [6.07, 6.45) is 19.9. The molecule has 0 unspecified atom stereocenters. The number of nitrogens with one attached hydrogen (secondary N) is 1. The van der Waals surface area contributed by atoms with Gasteiger partial charge < -0.3 is 10.5 Å². The molecule has 0 bridgehead atoms. The molecule has 0 saturated heterocycles. The van der Waals surface area contributed by atoms with E-state index in [0.29, 0.717) is 0 Å². The highest BCUT2D eigenvalue weighted by atomic mass is 16.9. The third-order valence-corrected chi connectivity index (χ3v) is 3.91. The third-order valence-electron chi connectivity index (χ3n) is 3.91. The summed E-state index contributed by atoms with van der Waals surface area (Å²) < 4.78 is 0. The van der Waals surface area contributed by atoms with Crippen LogP contribution in [-0.2, 0) is 0 Å². The quantitative estimate of drug-likeness (QED) is 0.215. The maximum absolute atomic E-state index is 8.36. The molecule has 5 nitrogen and oxygen atoms in total. The van der Waals surface area contributed by atoms with Gasteiger partial charge in [0.05, 0.1) is 0 Å². The van der Waals surface area contributed by atoms with Crippen LogP contribution in [0.15, 0.2) is 0 Å². The Balaban J connectivity index is 0. The summed E-state index contributed by atoms with van der Waals surface area (Å²) in [5.74, 6) is 0. The molecule has 0 radical (unpaired) electrons. The Bertz CT molecular complexity index is 206. The van der Waals surface area contributed by atoms with Gasteiger partial charge in [0.25, 0.3) is 5.09 Å². The monoisotopic (exact) mass is 332 g/mol. The molecule has 140 valence electrons. The Labute approximate surface area is 143 Å². The Morgan fingerprint density at radius 1 is 0.696 bits per heavy atom. The van der Waals surface area contributed by atoms with E-state index < -0.39 is 5.09 Å². The molecule has 0 fully saturated rings. The summed E-state index contributed by atoms with van der Waals surface area (Å²) in [5, 5.41) is 17.2. The average Bonchev–Trinajstić information content (AvgIpc) is 2.50. The summed E-state index contributed by atoms with van der Waals surface area (Å²) in [6, 6.07) is 0. The summed E-state index contributed by atoms with van der Waals surface area (Å²) in [7, 11) is 0. The fourth-order valence-corrected chi connectivity index (χ4v) is 2.54. The first-order valence-electron chi connectivity index (χ1n) is 9.69. The molecule has 0 spiro atoms. The fraction of sp³-hybridized carbons (Fsp3) is 1.00. The minimum atomic E-state index is -1.50. The van der Waals surface area contributed by atoms with E-state index in [1.54, 1.807) is 0 Å². The second-order valence-corrected chi connectivity index (χ2v) is 6.23. The zero-order valence-electron chi connectivity index (χ0n) is 15.5. The fourth-order valence-electron chi connectivity index (χ4n) is 2.54. The van der Waals surface area contributed by atoms with Gasteiger partial charge in [0.2, 0.25) is 0 Å². The van der Waals surface area contributed by atoms with Gasteiger partial charge in [0, 0.05) is 0 Å². The van der Waals surface area contributed by atoms with Gasteiger partial charge in [0.1, 0.15) is 0 Å². The van der Waals surface area contributed by atoms with Crippen molar-refractivity contribution in [1.82, 2.24) is 5.32 Å². The minimum absolute atomic E-state index is 1.24. The molecule has 0 aromatic heterocycles. The van der Waals surface area contributed by atoms with Crippen LogP contribution in [0.2, 0.25) is 0 Å². The van der Waals surface area contributed by atoms with Gasteiger partial charge in [0.15, 0.2) is 0 Å². The normalized spacial score (nSPS) is 10.2. The molecule has 0 saturated carbocycles. The highest BCUT2D eigenvalue weighted by molar-refractivity contribution is 4.51. The van der Waals surface area contributed by atoms with Gasteiger partial charge in [-0.25, -0.2) is 0 Å². The van der Waals surface area contributed by atoms with Crippen molar-refractivity contribution < 1.29 is 10.3 Å². The predicted molar refractivity (Wildman–Crippen MR) is 97.6 cm³/mol.